The fourth-order valence-electron chi connectivity index (χ4n) is 3.11. The van der Waals surface area contributed by atoms with Crippen LogP contribution in [0.4, 0.5) is 22.0 Å². The number of amidine groups is 1. The topological polar surface area (TPSA) is 77.6 Å². The number of ether oxygens (including phenoxy) is 1. The van der Waals surface area contributed by atoms with Crippen LogP contribution in [0.25, 0.3) is 0 Å². The lowest BCUT2D eigenvalue weighted by Gasteiger charge is -2.33. The Hall–Kier alpha value is -2.88. The SMILES string of the molecule is C[C@]1(c2cc(CC(=O)c3ccc(C(F)F)cn3)ccc2F)N=C(N)COCC1(F)F. The van der Waals surface area contributed by atoms with Gasteiger partial charge in [-0.15, -0.1) is 0 Å². The Morgan fingerprint density at radius 1 is 1.27 bits per heavy atom. The summed E-state index contributed by atoms with van der Waals surface area (Å²) in [5, 5.41) is 0. The van der Waals surface area contributed by atoms with Crippen molar-refractivity contribution >= 4 is 11.6 Å². The maximum atomic E-state index is 14.7. The number of alkyl halides is 4. The molecule has 2 N–H and O–H groups in total. The van der Waals surface area contributed by atoms with Crippen LogP contribution >= 0.6 is 0 Å². The molecule has 2 heterocycles. The number of hydrogen-bond acceptors (Lipinski definition) is 5. The van der Waals surface area contributed by atoms with Gasteiger partial charge in [-0.25, -0.2) is 22.0 Å². The smallest absolute Gasteiger partial charge is 0.299 e. The molecule has 1 aromatic heterocycles. The highest BCUT2D eigenvalue weighted by Gasteiger charge is 2.54. The number of hydrogen-bond donors (Lipinski definition) is 1. The summed E-state index contributed by atoms with van der Waals surface area (Å²) < 4.78 is 74.0. The van der Waals surface area contributed by atoms with Gasteiger partial charge in [0.15, 0.2) is 11.3 Å². The van der Waals surface area contributed by atoms with Gasteiger partial charge >= 0.3 is 0 Å². The summed E-state index contributed by atoms with van der Waals surface area (Å²) in [6.45, 7) is -0.273. The van der Waals surface area contributed by atoms with E-state index in [0.717, 1.165) is 37.4 Å². The zero-order valence-electron chi connectivity index (χ0n) is 15.8. The van der Waals surface area contributed by atoms with E-state index in [-0.39, 0.29) is 35.7 Å². The van der Waals surface area contributed by atoms with Gasteiger partial charge in [0, 0.05) is 23.7 Å². The Morgan fingerprint density at radius 3 is 2.63 bits per heavy atom. The van der Waals surface area contributed by atoms with E-state index in [1.54, 1.807) is 0 Å². The van der Waals surface area contributed by atoms with Gasteiger partial charge in [0.2, 0.25) is 0 Å². The first-order valence-electron chi connectivity index (χ1n) is 8.89. The normalized spacial score (nSPS) is 21.2. The molecule has 0 amide bonds. The molecular weight excluding hydrogens is 409 g/mol. The summed E-state index contributed by atoms with van der Waals surface area (Å²) in [6.07, 6.45) is -2.13. The minimum absolute atomic E-state index is 0.0769. The van der Waals surface area contributed by atoms with Crippen molar-refractivity contribution < 1.29 is 31.5 Å². The third-order valence-electron chi connectivity index (χ3n) is 4.86. The monoisotopic (exact) mass is 427 g/mol. The van der Waals surface area contributed by atoms with Crippen LogP contribution in [0.2, 0.25) is 0 Å². The fourth-order valence-corrected chi connectivity index (χ4v) is 3.11. The molecule has 10 heteroatoms. The van der Waals surface area contributed by atoms with Crippen LogP contribution in [0.5, 0.6) is 0 Å². The van der Waals surface area contributed by atoms with Crippen LogP contribution in [0.1, 0.15) is 40.5 Å². The number of carbonyl (C=O) groups is 1. The van der Waals surface area contributed by atoms with Crippen molar-refractivity contribution in [2.75, 3.05) is 13.2 Å². The van der Waals surface area contributed by atoms with Crippen molar-refractivity contribution in [1.82, 2.24) is 4.98 Å². The van der Waals surface area contributed by atoms with Crippen molar-refractivity contribution in [3.05, 3.63) is 64.7 Å². The van der Waals surface area contributed by atoms with Crippen LogP contribution in [0, 0.1) is 5.82 Å². The summed E-state index contributed by atoms with van der Waals surface area (Å²) in [4.78, 5) is 19.9. The molecule has 1 aliphatic heterocycles. The Balaban J connectivity index is 1.93. The lowest BCUT2D eigenvalue weighted by Crippen LogP contribution is -2.45. The number of Topliss-reactive ketones (excluding diaryl/α,β-unsaturated/α-hetero) is 1. The van der Waals surface area contributed by atoms with Crippen molar-refractivity contribution in [2.24, 2.45) is 10.7 Å². The van der Waals surface area contributed by atoms with E-state index in [9.17, 15) is 26.7 Å². The molecule has 0 saturated heterocycles. The van der Waals surface area contributed by atoms with Crippen molar-refractivity contribution in [2.45, 2.75) is 31.2 Å². The minimum Gasteiger partial charge on any atom is -0.385 e. The van der Waals surface area contributed by atoms with Gasteiger partial charge in [0.05, 0.1) is 0 Å². The first-order chi connectivity index (χ1) is 14.0. The third-order valence-corrected chi connectivity index (χ3v) is 4.86. The average Bonchev–Trinajstić information content (AvgIpc) is 2.78. The predicted molar refractivity (Wildman–Crippen MR) is 98.4 cm³/mol. The Morgan fingerprint density at radius 2 is 2.00 bits per heavy atom. The standard InChI is InChI=1S/C20H18F5N3O2/c1-19(20(24,25)10-30-9-17(26)28-19)13-6-11(2-4-14(13)21)7-16(29)15-5-3-12(8-27-15)18(22)23/h2-6,8,18H,7,9-10H2,1H3,(H2,26,28)/t19-/m1/s1. The third kappa shape index (κ3) is 4.18. The molecule has 0 bridgehead atoms. The number of carbonyl (C=O) groups excluding carboxylic acids is 1. The second-order valence-electron chi connectivity index (χ2n) is 7.06. The average molecular weight is 427 g/mol. The second-order valence-corrected chi connectivity index (χ2v) is 7.06. The highest BCUT2D eigenvalue weighted by atomic mass is 19.3. The number of ketones is 1. The molecular formula is C20H18F5N3O2. The summed E-state index contributed by atoms with van der Waals surface area (Å²) in [6, 6.07) is 5.58. The molecule has 160 valence electrons. The predicted octanol–water partition coefficient (Wildman–Crippen LogP) is 3.82. The molecule has 0 radical (unpaired) electrons. The maximum Gasteiger partial charge on any atom is 0.299 e. The molecule has 0 spiro atoms. The maximum absolute atomic E-state index is 14.7. The van der Waals surface area contributed by atoms with E-state index in [1.807, 2.05) is 0 Å². The summed E-state index contributed by atoms with van der Waals surface area (Å²) in [5.74, 6) is -5.26. The molecule has 1 atom stereocenters. The molecule has 0 unspecified atom stereocenters. The van der Waals surface area contributed by atoms with E-state index in [1.165, 1.54) is 6.07 Å². The lowest BCUT2D eigenvalue weighted by atomic mass is 9.84. The first kappa shape index (κ1) is 21.8. The first-order valence-corrected chi connectivity index (χ1v) is 8.89. The second kappa shape index (κ2) is 8.10. The molecule has 2 aromatic rings. The van der Waals surface area contributed by atoms with Crippen molar-refractivity contribution in [1.29, 1.82) is 0 Å². The zero-order valence-corrected chi connectivity index (χ0v) is 15.8. The van der Waals surface area contributed by atoms with E-state index in [0.29, 0.717) is 0 Å². The number of benzene rings is 1. The van der Waals surface area contributed by atoms with Gasteiger partial charge in [-0.2, -0.15) is 0 Å². The minimum atomic E-state index is -3.57. The van der Waals surface area contributed by atoms with Crippen LogP contribution < -0.4 is 5.73 Å². The van der Waals surface area contributed by atoms with Crippen molar-refractivity contribution in [3.8, 4) is 0 Å². The lowest BCUT2D eigenvalue weighted by molar-refractivity contribution is -0.116. The number of aromatic nitrogens is 1. The Bertz CT molecular complexity index is 979. The largest absolute Gasteiger partial charge is 0.385 e. The molecule has 30 heavy (non-hydrogen) atoms. The zero-order chi connectivity index (χ0) is 22.1. The number of aliphatic imine (C=N–C) groups is 1. The van der Waals surface area contributed by atoms with Crippen molar-refractivity contribution in [3.63, 3.8) is 0 Å². The van der Waals surface area contributed by atoms with E-state index < -0.39 is 41.7 Å². The van der Waals surface area contributed by atoms with Crippen LogP contribution in [0.15, 0.2) is 41.5 Å². The molecule has 1 aliphatic rings. The molecule has 3 rings (SSSR count). The van der Waals surface area contributed by atoms with E-state index in [2.05, 4.69) is 9.98 Å². The van der Waals surface area contributed by atoms with E-state index >= 15 is 0 Å². The molecule has 5 nitrogen and oxygen atoms in total. The summed E-state index contributed by atoms with van der Waals surface area (Å²) in [7, 11) is 0. The van der Waals surface area contributed by atoms with Crippen LogP contribution in [-0.4, -0.2) is 35.7 Å². The molecule has 0 aliphatic carbocycles. The van der Waals surface area contributed by atoms with Gasteiger partial charge in [0.1, 0.15) is 30.6 Å². The molecule has 0 fully saturated rings. The summed E-state index contributed by atoms with van der Waals surface area (Å²) >= 11 is 0. The highest BCUT2D eigenvalue weighted by molar-refractivity contribution is 5.95. The Kier molecular flexibility index (Phi) is 5.89. The molecule has 1 aromatic carbocycles. The fraction of sp³-hybridized carbons (Fsp3) is 0.350. The van der Waals surface area contributed by atoms with Gasteiger partial charge < -0.3 is 10.5 Å². The number of rotatable bonds is 5. The van der Waals surface area contributed by atoms with E-state index in [4.69, 9.17) is 10.5 Å². The number of halogens is 5. The molecule has 0 saturated carbocycles. The summed E-state index contributed by atoms with van der Waals surface area (Å²) in [5.41, 5.74) is 2.64. The van der Waals surface area contributed by atoms with Gasteiger partial charge in [0.25, 0.3) is 12.3 Å². The van der Waals surface area contributed by atoms with Crippen LogP contribution in [-0.2, 0) is 16.7 Å². The van der Waals surface area contributed by atoms with Gasteiger partial charge in [-0.1, -0.05) is 6.07 Å². The Labute approximate surface area is 168 Å². The van der Waals surface area contributed by atoms with Crippen LogP contribution in [0.3, 0.4) is 0 Å². The van der Waals surface area contributed by atoms with Gasteiger partial charge in [-0.3, -0.25) is 14.8 Å². The number of nitrogens with two attached hydrogens (primary N) is 1. The highest BCUT2D eigenvalue weighted by Crippen LogP contribution is 2.43. The quantitative estimate of drug-likeness (QED) is 0.581. The number of nitrogens with zero attached hydrogens (tertiary/aromatic N) is 2. The number of pyridine rings is 1. The van der Waals surface area contributed by atoms with Gasteiger partial charge in [-0.05, 0) is 36.8 Å².